The molecule has 61 heavy (non-hydrogen) atoms. The summed E-state index contributed by atoms with van der Waals surface area (Å²) in [4.78, 5) is 89.7. The second kappa shape index (κ2) is 24.2. The molecule has 1 heterocycles. The monoisotopic (exact) mass is 847 g/mol. The van der Waals surface area contributed by atoms with E-state index in [1.807, 2.05) is 30.3 Å². The highest BCUT2D eigenvalue weighted by Gasteiger charge is 2.53. The number of benzene rings is 3. The summed E-state index contributed by atoms with van der Waals surface area (Å²) in [7, 11) is 0. The van der Waals surface area contributed by atoms with E-state index in [1.54, 1.807) is 48.5 Å². The number of carbonyl (C=O) groups excluding carboxylic acids is 7. The lowest BCUT2D eigenvalue weighted by Gasteiger charge is -2.44. The highest BCUT2D eigenvalue weighted by Crippen LogP contribution is 2.30. The second-order valence-electron chi connectivity index (χ2n) is 14.3. The molecular formula is C45H53NO15. The Morgan fingerprint density at radius 2 is 1.15 bits per heavy atom. The number of aryl methyl sites for hydroxylation is 1. The van der Waals surface area contributed by atoms with E-state index in [-0.39, 0.29) is 17.5 Å². The molecular weight excluding hydrogens is 794 g/mol. The summed E-state index contributed by atoms with van der Waals surface area (Å²) < 4.78 is 45.9. The number of esters is 6. The van der Waals surface area contributed by atoms with E-state index in [0.29, 0.717) is 6.42 Å². The number of ether oxygens (including phenoxy) is 8. The first-order valence-electron chi connectivity index (χ1n) is 20.0. The Hall–Kier alpha value is -6.13. The van der Waals surface area contributed by atoms with Crippen molar-refractivity contribution in [2.75, 3.05) is 13.2 Å². The van der Waals surface area contributed by atoms with Crippen LogP contribution >= 0.6 is 0 Å². The van der Waals surface area contributed by atoms with Gasteiger partial charge < -0.3 is 43.2 Å². The summed E-state index contributed by atoms with van der Waals surface area (Å²) >= 11 is 0. The largest absolute Gasteiger partial charge is 0.463 e. The molecule has 0 aromatic heterocycles. The van der Waals surface area contributed by atoms with Gasteiger partial charge in [0.2, 0.25) is 5.91 Å². The van der Waals surface area contributed by atoms with E-state index in [2.05, 4.69) is 5.32 Å². The third-order valence-electron chi connectivity index (χ3n) is 9.36. The maximum Gasteiger partial charge on any atom is 0.338 e. The van der Waals surface area contributed by atoms with Crippen LogP contribution < -0.4 is 5.32 Å². The van der Waals surface area contributed by atoms with Gasteiger partial charge in [-0.05, 0) is 56.0 Å². The zero-order chi connectivity index (χ0) is 44.3. The zero-order valence-electron chi connectivity index (χ0n) is 34.9. The number of carbonyl (C=O) groups is 7. The molecule has 1 fully saturated rings. The number of hydrogen-bond donors (Lipinski definition) is 1. The molecule has 3 aromatic rings. The smallest absolute Gasteiger partial charge is 0.338 e. The number of amides is 1. The number of hydrogen-bond acceptors (Lipinski definition) is 15. The van der Waals surface area contributed by atoms with Crippen LogP contribution in [0.4, 0.5) is 0 Å². The van der Waals surface area contributed by atoms with E-state index in [4.69, 9.17) is 37.9 Å². The molecule has 1 saturated heterocycles. The van der Waals surface area contributed by atoms with Crippen LogP contribution in [0.2, 0.25) is 0 Å². The molecule has 0 aliphatic carbocycles. The molecule has 4 unspecified atom stereocenters. The summed E-state index contributed by atoms with van der Waals surface area (Å²) in [5.41, 5.74) is 1.55. The normalized spacial score (nSPS) is 19.8. The minimum absolute atomic E-state index is 0.0713. The average Bonchev–Trinajstić information content (AvgIpc) is 3.22. The molecule has 0 saturated carbocycles. The van der Waals surface area contributed by atoms with E-state index < -0.39 is 104 Å². The van der Waals surface area contributed by atoms with Crippen LogP contribution in [0.1, 0.15) is 86.6 Å². The maximum atomic E-state index is 13.7. The van der Waals surface area contributed by atoms with Crippen LogP contribution in [0, 0.1) is 0 Å². The van der Waals surface area contributed by atoms with Gasteiger partial charge in [0.1, 0.15) is 18.8 Å². The molecule has 16 nitrogen and oxygen atoms in total. The Morgan fingerprint density at radius 3 is 1.70 bits per heavy atom. The Bertz CT molecular complexity index is 1910. The molecule has 4 rings (SSSR count). The first-order valence-corrected chi connectivity index (χ1v) is 20.0. The lowest BCUT2D eigenvalue weighted by molar-refractivity contribution is -0.309. The van der Waals surface area contributed by atoms with Crippen molar-refractivity contribution in [2.45, 2.75) is 116 Å². The van der Waals surface area contributed by atoms with Gasteiger partial charge in [-0.15, -0.1) is 0 Å². The first kappa shape index (κ1) is 47.5. The maximum absolute atomic E-state index is 13.7. The van der Waals surface area contributed by atoms with E-state index >= 15 is 0 Å². The summed E-state index contributed by atoms with van der Waals surface area (Å²) in [6.07, 6.45) is -7.17. The second-order valence-corrected chi connectivity index (χ2v) is 14.3. The highest BCUT2D eigenvalue weighted by molar-refractivity contribution is 5.90. The van der Waals surface area contributed by atoms with Crippen LogP contribution in [0.5, 0.6) is 0 Å². The summed E-state index contributed by atoms with van der Waals surface area (Å²) in [5, 5.41) is 2.88. The number of unbranched alkanes of at least 4 members (excludes halogenated alkanes) is 2. The molecule has 0 bridgehead atoms. The highest BCUT2D eigenvalue weighted by atomic mass is 16.7. The van der Waals surface area contributed by atoms with E-state index in [1.165, 1.54) is 24.6 Å². The van der Waals surface area contributed by atoms with Crippen LogP contribution in [0.3, 0.4) is 0 Å². The van der Waals surface area contributed by atoms with Crippen molar-refractivity contribution in [3.63, 3.8) is 0 Å². The van der Waals surface area contributed by atoms with Gasteiger partial charge >= 0.3 is 35.8 Å². The minimum Gasteiger partial charge on any atom is -0.463 e. The fourth-order valence-electron chi connectivity index (χ4n) is 6.60. The molecule has 1 amide bonds. The molecule has 0 radical (unpaired) electrons. The fourth-order valence-corrected chi connectivity index (χ4v) is 6.60. The van der Waals surface area contributed by atoms with Gasteiger partial charge in [-0.2, -0.15) is 0 Å². The first-order chi connectivity index (χ1) is 29.2. The van der Waals surface area contributed by atoms with Gasteiger partial charge in [-0.3, -0.25) is 24.0 Å². The Balaban J connectivity index is 1.68. The molecule has 0 spiro atoms. The predicted octanol–water partition coefficient (Wildman–Crippen LogP) is 4.85. The van der Waals surface area contributed by atoms with Crippen molar-refractivity contribution in [1.82, 2.24) is 5.32 Å². The Morgan fingerprint density at radius 1 is 0.623 bits per heavy atom. The summed E-state index contributed by atoms with van der Waals surface area (Å²) in [5.74, 6) is -5.21. The number of rotatable bonds is 21. The average molecular weight is 848 g/mol. The zero-order valence-corrected chi connectivity index (χ0v) is 34.9. The molecule has 3 aromatic carbocycles. The van der Waals surface area contributed by atoms with E-state index in [9.17, 15) is 33.6 Å². The predicted molar refractivity (Wildman–Crippen MR) is 215 cm³/mol. The van der Waals surface area contributed by atoms with Gasteiger partial charge in [-0.1, -0.05) is 73.2 Å². The van der Waals surface area contributed by atoms with Crippen LogP contribution in [-0.4, -0.2) is 104 Å². The van der Waals surface area contributed by atoms with Gasteiger partial charge in [0.25, 0.3) is 0 Å². The third-order valence-corrected chi connectivity index (χ3v) is 9.36. The quantitative estimate of drug-likeness (QED) is 0.0865. The minimum atomic E-state index is -1.63. The summed E-state index contributed by atoms with van der Waals surface area (Å²) in [6.45, 7) is 4.83. The van der Waals surface area contributed by atoms with Crippen molar-refractivity contribution in [3.05, 3.63) is 108 Å². The van der Waals surface area contributed by atoms with Crippen molar-refractivity contribution in [3.8, 4) is 0 Å². The molecule has 1 aliphatic heterocycles. The van der Waals surface area contributed by atoms with Gasteiger partial charge in [0.15, 0.2) is 30.7 Å². The van der Waals surface area contributed by atoms with Gasteiger partial charge in [-0.25, -0.2) is 9.59 Å². The van der Waals surface area contributed by atoms with Crippen LogP contribution in [-0.2, 0) is 68.3 Å². The van der Waals surface area contributed by atoms with Crippen molar-refractivity contribution >= 4 is 41.7 Å². The standard InChI is InChI=1S/C45H53NO15/c1-28(56-43(52)34-21-13-8-14-22-34)39(61-44(53)35-23-15-9-16-24-35)36(46-38(51)25-17-7-12-20-33-18-10-6-11-19-33)26-55-45-42(59-32(5)50)41(58-31(4)49)40(57-30(3)48)37(60-45)27-54-29(2)47/h6,8-11,13-16,18-19,21-24,28,36-37,39-42,45H,7,12,17,20,25-27H2,1-5H3,(H,46,51)/t28-,36+,37?,39-,40?,41?,42+,45?/m1/s1. The molecule has 1 aliphatic rings. The topological polar surface area (TPSA) is 205 Å². The van der Waals surface area contributed by atoms with E-state index in [0.717, 1.165) is 47.0 Å². The number of nitrogens with one attached hydrogen (secondary N) is 1. The van der Waals surface area contributed by atoms with Crippen molar-refractivity contribution < 1.29 is 71.5 Å². The Labute approximate surface area is 354 Å². The third kappa shape index (κ3) is 15.8. The molecule has 16 heteroatoms. The summed E-state index contributed by atoms with van der Waals surface area (Å²) in [6, 6.07) is 24.8. The lowest BCUT2D eigenvalue weighted by Crippen LogP contribution is -2.63. The molecule has 328 valence electrons. The SMILES string of the molecule is CC(=O)OCC1OC(OC[C@H](NC(=O)CCCCCc2ccccc2)[C@H](OC(=O)c2ccccc2)[C@@H](C)OC(=O)c2ccccc2)[C@@H](OC(C)=O)C(OC(C)=O)C1OC(C)=O. The van der Waals surface area contributed by atoms with Gasteiger partial charge in [0.05, 0.1) is 23.8 Å². The van der Waals surface area contributed by atoms with Gasteiger partial charge in [0, 0.05) is 34.1 Å². The lowest BCUT2D eigenvalue weighted by atomic mass is 9.98. The van der Waals surface area contributed by atoms with Crippen molar-refractivity contribution in [1.29, 1.82) is 0 Å². The van der Waals surface area contributed by atoms with Crippen LogP contribution in [0.15, 0.2) is 91.0 Å². The molecule has 1 N–H and O–H groups in total. The fraction of sp³-hybridized carbons (Fsp3) is 0.444. The molecule has 8 atom stereocenters. The Kier molecular flexibility index (Phi) is 18.9. The van der Waals surface area contributed by atoms with Crippen LogP contribution in [0.25, 0.3) is 0 Å². The van der Waals surface area contributed by atoms with Crippen molar-refractivity contribution in [2.24, 2.45) is 0 Å².